The molecule has 0 radical (unpaired) electrons. The second-order valence-corrected chi connectivity index (χ2v) is 6.39. The highest BCUT2D eigenvalue weighted by Crippen LogP contribution is 2.38. The molecule has 1 aliphatic carbocycles. The minimum atomic E-state index is -0.0448. The van der Waals surface area contributed by atoms with E-state index in [1.165, 1.54) is 25.7 Å². The fourth-order valence-electron chi connectivity index (χ4n) is 3.17. The molecule has 0 aromatic heterocycles. The van der Waals surface area contributed by atoms with E-state index in [0.29, 0.717) is 11.8 Å². The van der Waals surface area contributed by atoms with Crippen LogP contribution in [0.2, 0.25) is 0 Å². The summed E-state index contributed by atoms with van der Waals surface area (Å²) in [4.78, 5) is 0. The van der Waals surface area contributed by atoms with Gasteiger partial charge in [-0.1, -0.05) is 42.1 Å². The van der Waals surface area contributed by atoms with Crippen LogP contribution in [0.15, 0.2) is 22.7 Å². The van der Waals surface area contributed by atoms with Gasteiger partial charge < -0.3 is 5.32 Å². The third kappa shape index (κ3) is 4.03. The molecule has 1 fully saturated rings. The summed E-state index contributed by atoms with van der Waals surface area (Å²) in [7, 11) is 0. The predicted octanol–water partition coefficient (Wildman–Crippen LogP) is 4.86. The average molecular weight is 328 g/mol. The van der Waals surface area contributed by atoms with Crippen molar-refractivity contribution in [2.75, 3.05) is 13.1 Å². The minimum Gasteiger partial charge on any atom is -0.317 e. The molecule has 1 aromatic rings. The minimum absolute atomic E-state index is 0.0448. The molecule has 0 amide bonds. The zero-order valence-electron chi connectivity index (χ0n) is 11.6. The van der Waals surface area contributed by atoms with Crippen molar-refractivity contribution >= 4 is 15.9 Å². The first-order chi connectivity index (χ1) is 9.22. The number of halogens is 2. The van der Waals surface area contributed by atoms with Gasteiger partial charge in [0.05, 0.1) is 0 Å². The Hall–Kier alpha value is -0.410. The van der Waals surface area contributed by atoms with Crippen LogP contribution in [-0.4, -0.2) is 13.1 Å². The Kier molecular flexibility index (Phi) is 5.83. The van der Waals surface area contributed by atoms with Gasteiger partial charge in [-0.3, -0.25) is 0 Å². The van der Waals surface area contributed by atoms with Crippen LogP contribution in [0.3, 0.4) is 0 Å². The lowest BCUT2D eigenvalue weighted by atomic mass is 9.82. The van der Waals surface area contributed by atoms with Gasteiger partial charge in [-0.05, 0) is 61.5 Å². The van der Waals surface area contributed by atoms with Gasteiger partial charge in [0.1, 0.15) is 5.82 Å². The van der Waals surface area contributed by atoms with E-state index in [-0.39, 0.29) is 5.82 Å². The fraction of sp³-hybridized carbons (Fsp3) is 0.625. The van der Waals surface area contributed by atoms with E-state index in [1.807, 2.05) is 6.07 Å². The van der Waals surface area contributed by atoms with Crippen molar-refractivity contribution in [3.63, 3.8) is 0 Å². The van der Waals surface area contributed by atoms with E-state index in [1.54, 1.807) is 12.1 Å². The van der Waals surface area contributed by atoms with Crippen LogP contribution in [0.1, 0.15) is 50.5 Å². The number of hydrogen-bond acceptors (Lipinski definition) is 1. The largest absolute Gasteiger partial charge is 0.317 e. The van der Waals surface area contributed by atoms with Gasteiger partial charge in [-0.15, -0.1) is 0 Å². The molecule has 2 rings (SSSR count). The van der Waals surface area contributed by atoms with Gasteiger partial charge in [0, 0.05) is 4.47 Å². The second kappa shape index (κ2) is 7.39. The highest BCUT2D eigenvalue weighted by atomic mass is 79.9. The van der Waals surface area contributed by atoms with Gasteiger partial charge in [-0.25, -0.2) is 4.39 Å². The summed E-state index contributed by atoms with van der Waals surface area (Å²) >= 11 is 3.47. The molecule has 0 aliphatic heterocycles. The highest BCUT2D eigenvalue weighted by Gasteiger charge is 2.27. The smallest absolute Gasteiger partial charge is 0.126 e. The summed E-state index contributed by atoms with van der Waals surface area (Å²) in [6.45, 7) is 4.13. The molecular formula is C16H23BrFN. The summed E-state index contributed by atoms with van der Waals surface area (Å²) < 4.78 is 15.1. The van der Waals surface area contributed by atoms with E-state index < -0.39 is 0 Å². The summed E-state index contributed by atoms with van der Waals surface area (Å²) in [6, 6.07) is 5.35. The van der Waals surface area contributed by atoms with Crippen LogP contribution in [0.4, 0.5) is 4.39 Å². The molecule has 1 aliphatic rings. The van der Waals surface area contributed by atoms with Gasteiger partial charge in [-0.2, -0.15) is 0 Å². The first-order valence-electron chi connectivity index (χ1n) is 7.38. The Balaban J connectivity index is 2.23. The summed E-state index contributed by atoms with van der Waals surface area (Å²) in [5.74, 6) is 0.877. The molecule has 2 unspecified atom stereocenters. The third-order valence-corrected chi connectivity index (χ3v) is 4.67. The van der Waals surface area contributed by atoms with E-state index in [4.69, 9.17) is 0 Å². The predicted molar refractivity (Wildman–Crippen MR) is 82.0 cm³/mol. The maximum absolute atomic E-state index is 14.1. The molecular weight excluding hydrogens is 305 g/mol. The van der Waals surface area contributed by atoms with Crippen LogP contribution < -0.4 is 5.32 Å². The Morgan fingerprint density at radius 1 is 1.26 bits per heavy atom. The molecule has 3 heteroatoms. The molecule has 0 saturated heterocycles. The van der Waals surface area contributed by atoms with E-state index in [2.05, 4.69) is 28.2 Å². The van der Waals surface area contributed by atoms with Crippen molar-refractivity contribution in [3.05, 3.63) is 34.1 Å². The number of nitrogens with one attached hydrogen (secondary N) is 1. The number of benzene rings is 1. The topological polar surface area (TPSA) is 12.0 Å². The number of hydrogen-bond donors (Lipinski definition) is 1. The molecule has 0 heterocycles. The van der Waals surface area contributed by atoms with E-state index in [9.17, 15) is 4.39 Å². The van der Waals surface area contributed by atoms with Crippen molar-refractivity contribution in [3.8, 4) is 0 Å². The molecule has 1 aromatic carbocycles. The first-order valence-corrected chi connectivity index (χ1v) is 8.17. The highest BCUT2D eigenvalue weighted by molar-refractivity contribution is 9.10. The van der Waals surface area contributed by atoms with Gasteiger partial charge in [0.15, 0.2) is 0 Å². The standard InChI is InChI=1S/C16H23BrFN/c1-2-19-11-12-6-4-3-5-7-14(12)15-10-13(17)8-9-16(15)18/h8-10,12,14,19H,2-7,11H2,1H3. The van der Waals surface area contributed by atoms with Crippen molar-refractivity contribution in [2.24, 2.45) is 5.92 Å². The zero-order chi connectivity index (χ0) is 13.7. The van der Waals surface area contributed by atoms with Gasteiger partial charge >= 0.3 is 0 Å². The SMILES string of the molecule is CCNCC1CCCCCC1c1cc(Br)ccc1F. The van der Waals surface area contributed by atoms with Crippen LogP contribution in [-0.2, 0) is 0 Å². The Labute approximate surface area is 124 Å². The molecule has 2 atom stereocenters. The quantitative estimate of drug-likeness (QED) is 0.778. The van der Waals surface area contributed by atoms with Crippen LogP contribution in [0.5, 0.6) is 0 Å². The molecule has 1 N–H and O–H groups in total. The fourth-order valence-corrected chi connectivity index (χ4v) is 3.55. The van der Waals surface area contributed by atoms with E-state index >= 15 is 0 Å². The Bertz CT molecular complexity index is 408. The van der Waals surface area contributed by atoms with Crippen molar-refractivity contribution in [1.82, 2.24) is 5.32 Å². The second-order valence-electron chi connectivity index (χ2n) is 5.48. The maximum atomic E-state index is 14.1. The summed E-state index contributed by atoms with van der Waals surface area (Å²) in [6.07, 6.45) is 6.11. The molecule has 19 heavy (non-hydrogen) atoms. The average Bonchev–Trinajstić information content (AvgIpc) is 2.64. The van der Waals surface area contributed by atoms with Gasteiger partial charge in [0.2, 0.25) is 0 Å². The lowest BCUT2D eigenvalue weighted by Crippen LogP contribution is -2.27. The third-order valence-electron chi connectivity index (χ3n) is 4.17. The Morgan fingerprint density at radius 3 is 2.84 bits per heavy atom. The summed E-state index contributed by atoms with van der Waals surface area (Å²) in [5.41, 5.74) is 0.902. The molecule has 1 nitrogen and oxygen atoms in total. The zero-order valence-corrected chi connectivity index (χ0v) is 13.2. The summed E-state index contributed by atoms with van der Waals surface area (Å²) in [5, 5.41) is 3.45. The number of rotatable bonds is 4. The monoisotopic (exact) mass is 327 g/mol. The normalized spacial score (nSPS) is 24.2. The molecule has 106 valence electrons. The van der Waals surface area contributed by atoms with Gasteiger partial charge in [0.25, 0.3) is 0 Å². The molecule has 0 bridgehead atoms. The van der Waals surface area contributed by atoms with Crippen molar-refractivity contribution in [1.29, 1.82) is 0 Å². The Morgan fingerprint density at radius 2 is 2.05 bits per heavy atom. The van der Waals surface area contributed by atoms with E-state index in [0.717, 1.165) is 29.5 Å². The van der Waals surface area contributed by atoms with Crippen molar-refractivity contribution in [2.45, 2.75) is 44.9 Å². The molecule has 0 spiro atoms. The van der Waals surface area contributed by atoms with Crippen LogP contribution in [0, 0.1) is 11.7 Å². The van der Waals surface area contributed by atoms with Crippen LogP contribution in [0.25, 0.3) is 0 Å². The lowest BCUT2D eigenvalue weighted by molar-refractivity contribution is 0.370. The first kappa shape index (κ1) is 15.0. The maximum Gasteiger partial charge on any atom is 0.126 e. The van der Waals surface area contributed by atoms with Crippen molar-refractivity contribution < 1.29 is 4.39 Å². The van der Waals surface area contributed by atoms with Crippen LogP contribution >= 0.6 is 15.9 Å². The lowest BCUT2D eigenvalue weighted by Gasteiger charge is -2.26. The molecule has 1 saturated carbocycles.